The van der Waals surface area contributed by atoms with Crippen LogP contribution in [0.4, 0.5) is 0 Å². The Morgan fingerprint density at radius 3 is 2.35 bits per heavy atom. The molecule has 3 rings (SSSR count). The van der Waals surface area contributed by atoms with Gasteiger partial charge in [-0.2, -0.15) is 0 Å². The highest BCUT2D eigenvalue weighted by Crippen LogP contribution is 2.44. The van der Waals surface area contributed by atoms with Gasteiger partial charge in [0, 0.05) is 44.6 Å². The molecule has 3 aliphatic rings. The highest BCUT2D eigenvalue weighted by atomic mass is 16.5. The van der Waals surface area contributed by atoms with Gasteiger partial charge in [-0.25, -0.2) is 0 Å². The van der Waals surface area contributed by atoms with Gasteiger partial charge in [-0.1, -0.05) is 27.2 Å². The summed E-state index contributed by atoms with van der Waals surface area (Å²) in [6, 6.07) is 0.256. The molecule has 1 aliphatic heterocycles. The van der Waals surface area contributed by atoms with Crippen molar-refractivity contribution in [2.24, 2.45) is 23.2 Å². The molecule has 3 atom stereocenters. The molecule has 5 heteroatoms. The van der Waals surface area contributed by atoms with Crippen molar-refractivity contribution < 1.29 is 14.3 Å². The van der Waals surface area contributed by atoms with Crippen LogP contribution in [0.3, 0.4) is 0 Å². The molecule has 5 nitrogen and oxygen atoms in total. The fraction of sp³-hybridized carbons (Fsp3) is 0.905. The van der Waals surface area contributed by atoms with Crippen LogP contribution in [-0.2, 0) is 14.3 Å². The second-order valence-electron chi connectivity index (χ2n) is 9.33. The summed E-state index contributed by atoms with van der Waals surface area (Å²) in [5.74, 6) is 1.56. The number of hydrogen-bond donors (Lipinski definition) is 0. The monoisotopic (exact) mass is 364 g/mol. The van der Waals surface area contributed by atoms with E-state index in [0.29, 0.717) is 30.9 Å². The first kappa shape index (κ1) is 19.7. The van der Waals surface area contributed by atoms with E-state index in [0.717, 1.165) is 45.2 Å². The summed E-state index contributed by atoms with van der Waals surface area (Å²) in [4.78, 5) is 29.9. The van der Waals surface area contributed by atoms with E-state index in [1.807, 2.05) is 0 Å². The Kier molecular flexibility index (Phi) is 5.95. The van der Waals surface area contributed by atoms with E-state index in [2.05, 4.69) is 30.6 Å². The molecule has 1 saturated heterocycles. The third kappa shape index (κ3) is 4.08. The Labute approximate surface area is 158 Å². The molecule has 0 N–H and O–H groups in total. The zero-order chi connectivity index (χ0) is 18.9. The normalized spacial score (nSPS) is 31.1. The average Bonchev–Trinajstić information content (AvgIpc) is 3.24. The van der Waals surface area contributed by atoms with Crippen LogP contribution in [0.25, 0.3) is 0 Å². The standard InChI is InChI=1S/C21H36N2O3/c1-15-14-17(15)19(24)23(12-13-26-4)16-7-10-22(11-8-16)20(25)18-6-5-9-21(18,2)3/h15-18H,5-14H2,1-4H3/t15-,17-,18?/m1/s1. The lowest BCUT2D eigenvalue weighted by Gasteiger charge is -2.40. The number of likely N-dealkylation sites (tertiary alicyclic amines) is 1. The van der Waals surface area contributed by atoms with Crippen LogP contribution in [0.1, 0.15) is 59.3 Å². The average molecular weight is 365 g/mol. The number of carbonyl (C=O) groups excluding carboxylic acids is 2. The lowest BCUT2D eigenvalue weighted by atomic mass is 9.80. The molecule has 3 fully saturated rings. The molecule has 0 aromatic carbocycles. The maximum Gasteiger partial charge on any atom is 0.226 e. The first-order valence-electron chi connectivity index (χ1n) is 10.4. The predicted molar refractivity (Wildman–Crippen MR) is 102 cm³/mol. The Morgan fingerprint density at radius 1 is 1.19 bits per heavy atom. The molecule has 148 valence electrons. The highest BCUT2D eigenvalue weighted by Gasteiger charge is 2.45. The van der Waals surface area contributed by atoms with E-state index in [-0.39, 0.29) is 23.3 Å². The van der Waals surface area contributed by atoms with Crippen molar-refractivity contribution in [3.05, 3.63) is 0 Å². The molecule has 1 heterocycles. The zero-order valence-corrected chi connectivity index (χ0v) is 17.0. The number of nitrogens with zero attached hydrogens (tertiary/aromatic N) is 2. The van der Waals surface area contributed by atoms with Gasteiger partial charge in [-0.05, 0) is 43.4 Å². The molecule has 0 radical (unpaired) electrons. The molecule has 0 spiro atoms. The lowest BCUT2D eigenvalue weighted by Crippen LogP contribution is -2.51. The molecular formula is C21H36N2O3. The zero-order valence-electron chi connectivity index (χ0n) is 17.0. The van der Waals surface area contributed by atoms with Crippen molar-refractivity contribution in [3.8, 4) is 0 Å². The Bertz CT molecular complexity index is 525. The Balaban J connectivity index is 1.57. The third-order valence-corrected chi connectivity index (χ3v) is 7.02. The van der Waals surface area contributed by atoms with Gasteiger partial charge in [-0.3, -0.25) is 9.59 Å². The molecule has 2 aliphatic carbocycles. The minimum Gasteiger partial charge on any atom is -0.383 e. The van der Waals surface area contributed by atoms with Crippen molar-refractivity contribution >= 4 is 11.8 Å². The molecule has 0 aromatic rings. The molecule has 1 unspecified atom stereocenters. The van der Waals surface area contributed by atoms with E-state index < -0.39 is 0 Å². The maximum absolute atomic E-state index is 13.0. The van der Waals surface area contributed by atoms with Gasteiger partial charge in [0.25, 0.3) is 0 Å². The van der Waals surface area contributed by atoms with Gasteiger partial charge in [-0.15, -0.1) is 0 Å². The summed E-state index contributed by atoms with van der Waals surface area (Å²) in [7, 11) is 1.69. The van der Waals surface area contributed by atoms with E-state index in [1.54, 1.807) is 7.11 Å². The van der Waals surface area contributed by atoms with Crippen LogP contribution in [-0.4, -0.2) is 61.0 Å². The smallest absolute Gasteiger partial charge is 0.226 e. The SMILES string of the molecule is COCCN(C(=O)[C@@H]1C[C@H]1C)C1CCN(C(=O)C2CCCC2(C)C)CC1. The summed E-state index contributed by atoms with van der Waals surface area (Å²) in [6.45, 7) is 9.45. The fourth-order valence-corrected chi connectivity index (χ4v) is 4.94. The quantitative estimate of drug-likeness (QED) is 0.728. The second kappa shape index (κ2) is 7.87. The van der Waals surface area contributed by atoms with E-state index in [9.17, 15) is 9.59 Å². The van der Waals surface area contributed by atoms with Crippen LogP contribution >= 0.6 is 0 Å². The van der Waals surface area contributed by atoms with Crippen molar-refractivity contribution in [1.29, 1.82) is 0 Å². The van der Waals surface area contributed by atoms with Crippen LogP contribution in [0.15, 0.2) is 0 Å². The first-order chi connectivity index (χ1) is 12.3. The predicted octanol–water partition coefficient (Wildman–Crippen LogP) is 2.93. The van der Waals surface area contributed by atoms with Crippen LogP contribution in [0.2, 0.25) is 0 Å². The van der Waals surface area contributed by atoms with Crippen LogP contribution in [0, 0.1) is 23.2 Å². The van der Waals surface area contributed by atoms with Gasteiger partial charge in [0.15, 0.2) is 0 Å². The number of piperidine rings is 1. The van der Waals surface area contributed by atoms with Crippen molar-refractivity contribution in [1.82, 2.24) is 9.80 Å². The summed E-state index contributed by atoms with van der Waals surface area (Å²) in [5, 5.41) is 0. The van der Waals surface area contributed by atoms with Crippen molar-refractivity contribution in [3.63, 3.8) is 0 Å². The van der Waals surface area contributed by atoms with Gasteiger partial charge in [0.1, 0.15) is 0 Å². The van der Waals surface area contributed by atoms with E-state index in [4.69, 9.17) is 4.74 Å². The molecule has 2 saturated carbocycles. The van der Waals surface area contributed by atoms with Gasteiger partial charge < -0.3 is 14.5 Å². The Morgan fingerprint density at radius 2 is 1.85 bits per heavy atom. The van der Waals surface area contributed by atoms with Crippen LogP contribution in [0.5, 0.6) is 0 Å². The summed E-state index contributed by atoms with van der Waals surface area (Å²) in [6.07, 6.45) is 6.17. The summed E-state index contributed by atoms with van der Waals surface area (Å²) in [5.41, 5.74) is 0.135. The van der Waals surface area contributed by atoms with Gasteiger partial charge >= 0.3 is 0 Å². The first-order valence-corrected chi connectivity index (χ1v) is 10.4. The number of rotatable bonds is 6. The van der Waals surface area contributed by atoms with Crippen LogP contribution < -0.4 is 0 Å². The largest absolute Gasteiger partial charge is 0.383 e. The van der Waals surface area contributed by atoms with Gasteiger partial charge in [0.2, 0.25) is 11.8 Å². The van der Waals surface area contributed by atoms with E-state index >= 15 is 0 Å². The molecule has 0 aromatic heterocycles. The molecule has 0 bridgehead atoms. The number of ether oxygens (including phenoxy) is 1. The van der Waals surface area contributed by atoms with E-state index in [1.165, 1.54) is 6.42 Å². The number of hydrogen-bond acceptors (Lipinski definition) is 3. The summed E-state index contributed by atoms with van der Waals surface area (Å²) >= 11 is 0. The summed E-state index contributed by atoms with van der Waals surface area (Å²) < 4.78 is 5.23. The minimum atomic E-state index is 0.135. The number of carbonyl (C=O) groups is 2. The molecule has 2 amide bonds. The number of methoxy groups -OCH3 is 1. The third-order valence-electron chi connectivity index (χ3n) is 7.02. The van der Waals surface area contributed by atoms with Crippen molar-refractivity contribution in [2.75, 3.05) is 33.4 Å². The number of amides is 2. The van der Waals surface area contributed by atoms with Crippen molar-refractivity contribution in [2.45, 2.75) is 65.3 Å². The fourth-order valence-electron chi connectivity index (χ4n) is 4.94. The second-order valence-corrected chi connectivity index (χ2v) is 9.33. The molecule has 26 heavy (non-hydrogen) atoms. The molecular weight excluding hydrogens is 328 g/mol. The van der Waals surface area contributed by atoms with Gasteiger partial charge in [0.05, 0.1) is 6.61 Å². The highest BCUT2D eigenvalue weighted by molar-refractivity contribution is 5.82. The topological polar surface area (TPSA) is 49.9 Å². The lowest BCUT2D eigenvalue weighted by molar-refractivity contribution is -0.142. The minimum absolute atomic E-state index is 0.135. The Hall–Kier alpha value is -1.10. The maximum atomic E-state index is 13.0.